The smallest absolute Gasteiger partial charge is 0.399 e. The lowest BCUT2D eigenvalue weighted by Gasteiger charge is -2.42. The molecule has 4 aromatic rings. The highest BCUT2D eigenvalue weighted by atomic mass is 16.7. The summed E-state index contributed by atoms with van der Waals surface area (Å²) < 4.78 is 12.8. The molecule has 2 heterocycles. The van der Waals surface area contributed by atoms with E-state index in [9.17, 15) is 0 Å². The van der Waals surface area contributed by atoms with Gasteiger partial charge in [0.1, 0.15) is 0 Å². The van der Waals surface area contributed by atoms with Crippen molar-refractivity contribution in [1.29, 1.82) is 0 Å². The second-order valence-electron chi connectivity index (χ2n) is 11.4. The third-order valence-electron chi connectivity index (χ3n) is 8.25. The summed E-state index contributed by atoms with van der Waals surface area (Å²) in [7, 11) is -0.385. The molecule has 4 aromatic carbocycles. The molecule has 2 aliphatic rings. The van der Waals surface area contributed by atoms with E-state index < -0.39 is 0 Å². The quantitative estimate of drug-likeness (QED) is 0.294. The summed E-state index contributed by atoms with van der Waals surface area (Å²) in [4.78, 5) is 2.40. The maximum atomic E-state index is 6.41. The lowest BCUT2D eigenvalue weighted by molar-refractivity contribution is 0.00578. The zero-order valence-electron chi connectivity index (χ0n) is 21.4. The van der Waals surface area contributed by atoms with Crippen molar-refractivity contribution in [3.8, 4) is 0 Å². The van der Waals surface area contributed by atoms with Gasteiger partial charge < -0.3 is 14.2 Å². The van der Waals surface area contributed by atoms with Crippen molar-refractivity contribution in [1.82, 2.24) is 0 Å². The molecule has 0 aromatic heterocycles. The summed E-state index contributed by atoms with van der Waals surface area (Å²) in [5.74, 6) is 0. The van der Waals surface area contributed by atoms with E-state index in [2.05, 4.69) is 131 Å². The molecule has 0 unspecified atom stereocenters. The minimum absolute atomic E-state index is 0.195. The normalized spacial score (nSPS) is 19.5. The highest BCUT2D eigenvalue weighted by Crippen LogP contribution is 2.52. The van der Waals surface area contributed by atoms with Gasteiger partial charge in [-0.2, -0.15) is 0 Å². The Bertz CT molecular complexity index is 1430. The van der Waals surface area contributed by atoms with Gasteiger partial charge in [0.15, 0.2) is 0 Å². The van der Waals surface area contributed by atoms with Crippen molar-refractivity contribution in [2.24, 2.45) is 0 Å². The van der Waals surface area contributed by atoms with E-state index in [0.29, 0.717) is 0 Å². The first-order chi connectivity index (χ1) is 16.6. The fraction of sp³-hybridized carbons (Fsp3) is 0.290. The standard InChI is InChI=1S/C31H32BNO2/c1-29(2)25-18-21-12-10-11-13-22(21)19-28(25)33(24-14-8-7-9-15-24)27-17-16-23(20-26(27)29)32-34-30(3,4)31(5,6)35-32/h7-20H,1-6H3. The van der Waals surface area contributed by atoms with Gasteiger partial charge in [0, 0.05) is 11.1 Å². The lowest BCUT2D eigenvalue weighted by Crippen LogP contribution is -2.41. The molecule has 6 rings (SSSR count). The van der Waals surface area contributed by atoms with Crippen LogP contribution in [0.5, 0.6) is 0 Å². The number of fused-ring (bicyclic) bond motifs is 3. The van der Waals surface area contributed by atoms with Gasteiger partial charge in [-0.1, -0.05) is 68.4 Å². The number of anilines is 3. The van der Waals surface area contributed by atoms with Crippen molar-refractivity contribution >= 4 is 40.4 Å². The van der Waals surface area contributed by atoms with Gasteiger partial charge in [-0.25, -0.2) is 0 Å². The van der Waals surface area contributed by atoms with Crippen LogP contribution >= 0.6 is 0 Å². The Morgan fingerprint density at radius 1 is 0.600 bits per heavy atom. The van der Waals surface area contributed by atoms with Crippen molar-refractivity contribution in [3.05, 3.63) is 96.1 Å². The lowest BCUT2D eigenvalue weighted by atomic mass is 9.69. The van der Waals surface area contributed by atoms with Crippen molar-refractivity contribution in [2.75, 3.05) is 4.90 Å². The maximum absolute atomic E-state index is 6.41. The molecule has 0 N–H and O–H groups in total. The molecule has 0 atom stereocenters. The van der Waals surface area contributed by atoms with Crippen molar-refractivity contribution in [2.45, 2.75) is 58.2 Å². The van der Waals surface area contributed by atoms with Crippen LogP contribution < -0.4 is 10.4 Å². The minimum Gasteiger partial charge on any atom is -0.399 e. The summed E-state index contributed by atoms with van der Waals surface area (Å²) in [5, 5.41) is 2.51. The molecule has 0 spiro atoms. The SMILES string of the molecule is CC1(C)c2cc(B3OC(C)(C)C(C)(C)O3)ccc2N(c2ccccc2)c2cc3ccccc3cc21. The van der Waals surface area contributed by atoms with Crippen LogP contribution in [0.3, 0.4) is 0 Å². The fourth-order valence-electron chi connectivity index (χ4n) is 5.42. The van der Waals surface area contributed by atoms with E-state index in [1.807, 2.05) is 0 Å². The molecule has 0 bridgehead atoms. The van der Waals surface area contributed by atoms with Gasteiger partial charge in [0.05, 0.1) is 22.6 Å². The van der Waals surface area contributed by atoms with Gasteiger partial charge >= 0.3 is 7.12 Å². The maximum Gasteiger partial charge on any atom is 0.494 e. The van der Waals surface area contributed by atoms with Gasteiger partial charge in [-0.15, -0.1) is 0 Å². The van der Waals surface area contributed by atoms with Crippen LogP contribution in [0.25, 0.3) is 10.8 Å². The highest BCUT2D eigenvalue weighted by molar-refractivity contribution is 6.62. The molecule has 0 radical (unpaired) electrons. The minimum atomic E-state index is -0.385. The molecule has 1 fully saturated rings. The fourth-order valence-corrected chi connectivity index (χ4v) is 5.42. The summed E-state index contributed by atoms with van der Waals surface area (Å²) >= 11 is 0. The molecule has 0 saturated carbocycles. The van der Waals surface area contributed by atoms with Gasteiger partial charge in [-0.05, 0) is 85.4 Å². The Kier molecular flexibility index (Phi) is 4.77. The van der Waals surface area contributed by atoms with Crippen molar-refractivity contribution in [3.63, 3.8) is 0 Å². The van der Waals surface area contributed by atoms with Crippen LogP contribution in [0, 0.1) is 0 Å². The Morgan fingerprint density at radius 3 is 1.83 bits per heavy atom. The average Bonchev–Trinajstić information content (AvgIpc) is 3.05. The largest absolute Gasteiger partial charge is 0.494 e. The number of hydrogen-bond donors (Lipinski definition) is 0. The van der Waals surface area contributed by atoms with Gasteiger partial charge in [-0.3, -0.25) is 0 Å². The third kappa shape index (κ3) is 3.35. The molecule has 2 aliphatic heterocycles. The number of rotatable bonds is 2. The van der Waals surface area contributed by atoms with Crippen LogP contribution in [0.4, 0.5) is 17.1 Å². The summed E-state index contributed by atoms with van der Waals surface area (Å²) in [6.45, 7) is 13.1. The molecular formula is C31H32BNO2. The van der Waals surface area contributed by atoms with Crippen LogP contribution in [0.1, 0.15) is 52.7 Å². The van der Waals surface area contributed by atoms with Crippen LogP contribution in [0.2, 0.25) is 0 Å². The second kappa shape index (κ2) is 7.46. The molecule has 0 aliphatic carbocycles. The Hall–Kier alpha value is -3.08. The van der Waals surface area contributed by atoms with Gasteiger partial charge in [0.2, 0.25) is 0 Å². The first-order valence-electron chi connectivity index (χ1n) is 12.5. The number of para-hydroxylation sites is 1. The summed E-state index contributed by atoms with van der Waals surface area (Å²) in [6.07, 6.45) is 0. The summed E-state index contributed by atoms with van der Waals surface area (Å²) in [6, 6.07) is 30.7. The van der Waals surface area contributed by atoms with Crippen molar-refractivity contribution < 1.29 is 9.31 Å². The number of nitrogens with zero attached hydrogens (tertiary/aromatic N) is 1. The Morgan fingerprint density at radius 2 is 1.17 bits per heavy atom. The van der Waals surface area contributed by atoms with Crippen LogP contribution in [-0.4, -0.2) is 18.3 Å². The predicted molar refractivity (Wildman–Crippen MR) is 146 cm³/mol. The van der Waals surface area contributed by atoms with E-state index in [0.717, 1.165) is 11.2 Å². The topological polar surface area (TPSA) is 21.7 Å². The Labute approximate surface area is 208 Å². The number of benzene rings is 4. The molecular weight excluding hydrogens is 429 g/mol. The zero-order valence-corrected chi connectivity index (χ0v) is 21.4. The van der Waals surface area contributed by atoms with E-state index in [4.69, 9.17) is 9.31 Å². The van der Waals surface area contributed by atoms with Gasteiger partial charge in [0.25, 0.3) is 0 Å². The third-order valence-corrected chi connectivity index (χ3v) is 8.25. The molecule has 4 heteroatoms. The van der Waals surface area contributed by atoms with E-state index in [-0.39, 0.29) is 23.7 Å². The zero-order chi connectivity index (χ0) is 24.6. The van der Waals surface area contributed by atoms with Crippen LogP contribution in [-0.2, 0) is 14.7 Å². The predicted octanol–water partition coefficient (Wildman–Crippen LogP) is 7.25. The first kappa shape index (κ1) is 22.4. The van der Waals surface area contributed by atoms with E-state index >= 15 is 0 Å². The van der Waals surface area contributed by atoms with E-state index in [1.165, 1.54) is 33.3 Å². The summed E-state index contributed by atoms with van der Waals surface area (Å²) in [5.41, 5.74) is 6.31. The highest BCUT2D eigenvalue weighted by Gasteiger charge is 2.52. The monoisotopic (exact) mass is 461 g/mol. The molecule has 0 amide bonds. The number of hydrogen-bond acceptors (Lipinski definition) is 3. The molecule has 1 saturated heterocycles. The van der Waals surface area contributed by atoms with Crippen LogP contribution in [0.15, 0.2) is 84.9 Å². The Balaban J connectivity index is 1.57. The average molecular weight is 461 g/mol. The molecule has 3 nitrogen and oxygen atoms in total. The second-order valence-corrected chi connectivity index (χ2v) is 11.4. The molecule has 176 valence electrons. The van der Waals surface area contributed by atoms with E-state index in [1.54, 1.807) is 0 Å². The molecule has 35 heavy (non-hydrogen) atoms. The first-order valence-corrected chi connectivity index (χ1v) is 12.5.